The van der Waals surface area contributed by atoms with Crippen molar-refractivity contribution in [3.63, 3.8) is 0 Å². The van der Waals surface area contributed by atoms with E-state index in [1.54, 1.807) is 36.6 Å². The lowest BCUT2D eigenvalue weighted by atomic mass is 10.1. The highest BCUT2D eigenvalue weighted by Gasteiger charge is 2.15. The Morgan fingerprint density at radius 2 is 1.88 bits per heavy atom. The average molecular weight is 488 g/mol. The van der Waals surface area contributed by atoms with Gasteiger partial charge in [0.05, 0.1) is 29.5 Å². The molecule has 2 aromatic heterocycles. The van der Waals surface area contributed by atoms with E-state index in [0.717, 1.165) is 5.56 Å². The predicted molar refractivity (Wildman–Crippen MR) is 128 cm³/mol. The van der Waals surface area contributed by atoms with E-state index in [1.165, 1.54) is 16.3 Å². The maximum Gasteiger partial charge on any atom is 0.262 e. The number of nitrogens with one attached hydrogen (secondary N) is 1. The molecule has 1 N–H and O–H groups in total. The second-order valence-corrected chi connectivity index (χ2v) is 8.86. The fourth-order valence-electron chi connectivity index (χ4n) is 3.16. The van der Waals surface area contributed by atoms with E-state index < -0.39 is 0 Å². The normalized spacial score (nSPS) is 11.1. The van der Waals surface area contributed by atoms with Crippen LogP contribution in [0.15, 0.2) is 75.2 Å². The Kier molecular flexibility index (Phi) is 7.19. The summed E-state index contributed by atoms with van der Waals surface area (Å²) in [5, 5.41) is 4.95. The van der Waals surface area contributed by atoms with Gasteiger partial charge in [0, 0.05) is 16.6 Å². The van der Waals surface area contributed by atoms with Gasteiger partial charge in [-0.3, -0.25) is 14.2 Å². The molecule has 6 nitrogen and oxygen atoms in total. The Bertz CT molecular complexity index is 1290. The van der Waals surface area contributed by atoms with Crippen molar-refractivity contribution in [2.45, 2.75) is 18.1 Å². The molecule has 2 aromatic carbocycles. The fraction of sp³-hybridized carbons (Fsp3) is 0.174. The number of aromatic nitrogens is 2. The third-order valence-corrected chi connectivity index (χ3v) is 6.22. The molecular formula is C23H19Cl2N3O3S. The van der Waals surface area contributed by atoms with Gasteiger partial charge in [0.25, 0.3) is 5.56 Å². The number of fused-ring (bicyclic) bond motifs is 1. The van der Waals surface area contributed by atoms with Gasteiger partial charge in [0.1, 0.15) is 5.76 Å². The molecule has 0 aliphatic rings. The Hall–Kier alpha value is -2.74. The van der Waals surface area contributed by atoms with Crippen LogP contribution in [0.3, 0.4) is 0 Å². The number of amides is 1. The van der Waals surface area contributed by atoms with Gasteiger partial charge in [-0.1, -0.05) is 47.1 Å². The van der Waals surface area contributed by atoms with Crippen molar-refractivity contribution in [3.05, 3.63) is 92.6 Å². The first kappa shape index (κ1) is 22.5. The van der Waals surface area contributed by atoms with Crippen molar-refractivity contribution < 1.29 is 9.21 Å². The van der Waals surface area contributed by atoms with E-state index in [-0.39, 0.29) is 23.8 Å². The van der Waals surface area contributed by atoms with Crippen molar-refractivity contribution in [2.24, 2.45) is 0 Å². The molecule has 4 rings (SSSR count). The molecular weight excluding hydrogens is 469 g/mol. The number of hydrogen-bond donors (Lipinski definition) is 1. The largest absolute Gasteiger partial charge is 0.467 e. The Morgan fingerprint density at radius 1 is 1.09 bits per heavy atom. The first-order valence-corrected chi connectivity index (χ1v) is 11.6. The number of halogens is 2. The minimum atomic E-state index is -0.214. The summed E-state index contributed by atoms with van der Waals surface area (Å²) in [6, 6.07) is 16.0. The number of thioether (sulfide) groups is 1. The Labute approximate surface area is 198 Å². The van der Waals surface area contributed by atoms with Crippen molar-refractivity contribution >= 4 is 51.8 Å². The molecule has 0 unspecified atom stereocenters. The third-order valence-electron chi connectivity index (χ3n) is 4.76. The molecule has 0 saturated heterocycles. The highest BCUT2D eigenvalue weighted by Crippen LogP contribution is 2.21. The number of benzene rings is 2. The van der Waals surface area contributed by atoms with Crippen molar-refractivity contribution in [3.8, 4) is 0 Å². The van der Waals surface area contributed by atoms with E-state index >= 15 is 0 Å². The van der Waals surface area contributed by atoms with Gasteiger partial charge in [0.2, 0.25) is 5.91 Å². The summed E-state index contributed by atoms with van der Waals surface area (Å²) < 4.78 is 6.92. The van der Waals surface area contributed by atoms with Crippen LogP contribution in [0.1, 0.15) is 11.3 Å². The van der Waals surface area contributed by atoms with Crippen LogP contribution in [-0.2, 0) is 17.8 Å². The molecule has 0 spiro atoms. The van der Waals surface area contributed by atoms with Gasteiger partial charge in [-0.05, 0) is 54.4 Å². The number of rotatable bonds is 8. The Balaban J connectivity index is 1.47. The molecule has 0 saturated carbocycles. The maximum atomic E-state index is 13.1. The standard InChI is InChI=1S/C23H19Cl2N3O3S/c24-16-5-3-15(4-6-16)9-10-26-21(29)14-32-23-27-20-12-17(25)7-8-19(20)22(30)28(23)13-18-2-1-11-31-18/h1-8,11-12H,9-10,13-14H2,(H,26,29). The second kappa shape index (κ2) is 10.3. The van der Waals surface area contributed by atoms with Gasteiger partial charge < -0.3 is 9.73 Å². The number of carbonyl (C=O) groups excluding carboxylic acids is 1. The van der Waals surface area contributed by atoms with Crippen LogP contribution in [0.4, 0.5) is 0 Å². The molecule has 9 heteroatoms. The third kappa shape index (κ3) is 5.54. The zero-order chi connectivity index (χ0) is 22.5. The van der Waals surface area contributed by atoms with E-state index in [2.05, 4.69) is 10.3 Å². The smallest absolute Gasteiger partial charge is 0.262 e. The van der Waals surface area contributed by atoms with Crippen LogP contribution in [-0.4, -0.2) is 27.8 Å². The first-order chi connectivity index (χ1) is 15.5. The molecule has 2 heterocycles. The highest BCUT2D eigenvalue weighted by atomic mass is 35.5. The van der Waals surface area contributed by atoms with E-state index in [0.29, 0.717) is 44.8 Å². The van der Waals surface area contributed by atoms with Gasteiger partial charge in [0.15, 0.2) is 5.16 Å². The van der Waals surface area contributed by atoms with E-state index in [4.69, 9.17) is 27.6 Å². The van der Waals surface area contributed by atoms with Crippen LogP contribution >= 0.6 is 35.0 Å². The Morgan fingerprint density at radius 3 is 2.62 bits per heavy atom. The summed E-state index contributed by atoms with van der Waals surface area (Å²) in [5.41, 5.74) is 1.36. The van der Waals surface area contributed by atoms with Gasteiger partial charge in [-0.25, -0.2) is 4.98 Å². The van der Waals surface area contributed by atoms with Crippen LogP contribution in [0, 0.1) is 0 Å². The fourth-order valence-corrected chi connectivity index (χ4v) is 4.28. The zero-order valence-corrected chi connectivity index (χ0v) is 19.2. The summed E-state index contributed by atoms with van der Waals surface area (Å²) in [6.45, 7) is 0.721. The molecule has 0 fully saturated rings. The van der Waals surface area contributed by atoms with Gasteiger partial charge in [-0.15, -0.1) is 0 Å². The lowest BCUT2D eigenvalue weighted by Crippen LogP contribution is -2.28. The molecule has 0 aliphatic carbocycles. The van der Waals surface area contributed by atoms with E-state index in [1.807, 2.05) is 24.3 Å². The lowest BCUT2D eigenvalue weighted by Gasteiger charge is -2.12. The lowest BCUT2D eigenvalue weighted by molar-refractivity contribution is -0.118. The topological polar surface area (TPSA) is 77.1 Å². The summed E-state index contributed by atoms with van der Waals surface area (Å²) in [4.78, 5) is 30.1. The second-order valence-electron chi connectivity index (χ2n) is 7.04. The number of carbonyl (C=O) groups is 1. The van der Waals surface area contributed by atoms with Crippen molar-refractivity contribution in [1.29, 1.82) is 0 Å². The minimum Gasteiger partial charge on any atom is -0.467 e. The first-order valence-electron chi connectivity index (χ1n) is 9.86. The quantitative estimate of drug-likeness (QED) is 0.285. The zero-order valence-electron chi connectivity index (χ0n) is 16.9. The van der Waals surface area contributed by atoms with Crippen LogP contribution < -0.4 is 10.9 Å². The molecule has 164 valence electrons. The summed E-state index contributed by atoms with van der Waals surface area (Å²) in [6.07, 6.45) is 2.25. The van der Waals surface area contributed by atoms with Gasteiger partial charge in [-0.2, -0.15) is 0 Å². The molecule has 0 bridgehead atoms. The summed E-state index contributed by atoms with van der Waals surface area (Å²) >= 11 is 13.2. The number of nitrogens with zero attached hydrogens (tertiary/aromatic N) is 2. The summed E-state index contributed by atoms with van der Waals surface area (Å²) in [5.74, 6) is 0.600. The monoisotopic (exact) mass is 487 g/mol. The van der Waals surface area contributed by atoms with Crippen LogP contribution in [0.25, 0.3) is 10.9 Å². The number of furan rings is 1. The predicted octanol–water partition coefficient (Wildman–Crippen LogP) is 4.80. The summed E-state index contributed by atoms with van der Waals surface area (Å²) in [7, 11) is 0. The van der Waals surface area contributed by atoms with Crippen molar-refractivity contribution in [2.75, 3.05) is 12.3 Å². The molecule has 0 atom stereocenters. The minimum absolute atomic E-state index is 0.122. The number of hydrogen-bond acceptors (Lipinski definition) is 5. The molecule has 0 aliphatic heterocycles. The molecule has 4 aromatic rings. The van der Waals surface area contributed by atoms with Crippen molar-refractivity contribution in [1.82, 2.24) is 14.9 Å². The molecule has 1 amide bonds. The average Bonchev–Trinajstić information content (AvgIpc) is 3.29. The van der Waals surface area contributed by atoms with E-state index in [9.17, 15) is 9.59 Å². The molecule has 32 heavy (non-hydrogen) atoms. The molecule has 0 radical (unpaired) electrons. The van der Waals surface area contributed by atoms with Crippen LogP contribution in [0.5, 0.6) is 0 Å². The van der Waals surface area contributed by atoms with Crippen LogP contribution in [0.2, 0.25) is 10.0 Å². The highest BCUT2D eigenvalue weighted by molar-refractivity contribution is 7.99. The SMILES string of the molecule is O=C(CSc1nc2cc(Cl)ccc2c(=O)n1Cc1ccco1)NCCc1ccc(Cl)cc1. The maximum absolute atomic E-state index is 13.1. The van der Waals surface area contributed by atoms with Gasteiger partial charge >= 0.3 is 0 Å².